The largest absolute Gasteiger partial charge is 0.457 e. The third-order valence-corrected chi connectivity index (χ3v) is 10.6. The molecule has 0 spiro atoms. The van der Waals surface area contributed by atoms with E-state index in [1.807, 2.05) is 0 Å². The molecule has 2 unspecified atom stereocenters. The number of likely N-dealkylation sites (N-methyl/N-ethyl adjacent to an activating group) is 1. The van der Waals surface area contributed by atoms with Gasteiger partial charge in [0.15, 0.2) is 0 Å². The molecule has 2 atom stereocenters. The lowest BCUT2D eigenvalue weighted by Crippen LogP contribution is -2.44. The van der Waals surface area contributed by atoms with Gasteiger partial charge in [0.1, 0.15) is 11.5 Å². The first-order valence-electron chi connectivity index (χ1n) is 15.0. The Morgan fingerprint density at radius 3 is 2.47 bits per heavy atom. The highest BCUT2D eigenvalue weighted by atomic mass is 16.5. The summed E-state index contributed by atoms with van der Waals surface area (Å²) in [5, 5.41) is 0. The predicted molar refractivity (Wildman–Crippen MR) is 147 cm³/mol. The van der Waals surface area contributed by atoms with Crippen molar-refractivity contribution < 1.29 is 4.74 Å². The molecule has 5 fully saturated rings. The maximum Gasteiger partial charge on any atom is 0.131 e. The molecule has 4 saturated carbocycles. The summed E-state index contributed by atoms with van der Waals surface area (Å²) in [6.07, 6.45) is 13.1. The average Bonchev–Trinajstić information content (AvgIpc) is 3.30. The summed E-state index contributed by atoms with van der Waals surface area (Å²) in [6.45, 7) is 8.38. The van der Waals surface area contributed by atoms with Crippen molar-refractivity contribution in [3.05, 3.63) is 58.1 Å². The Labute approximate surface area is 218 Å². The number of hydrogen-bond acceptors (Lipinski definition) is 3. The SMILES string of the molecule is CCCc1cc(CCCN2CCN(C)CC2)cc2c1Cc1c(cccc1C13CC4CC(C1)C(C4)C3)O2. The molecular formula is C33H44N2O. The molecule has 2 aromatic rings. The van der Waals surface area contributed by atoms with E-state index in [0.29, 0.717) is 5.41 Å². The van der Waals surface area contributed by atoms with Crippen LogP contribution in [0.15, 0.2) is 30.3 Å². The van der Waals surface area contributed by atoms with Crippen LogP contribution < -0.4 is 4.74 Å². The highest BCUT2D eigenvalue weighted by Gasteiger charge is 2.57. The number of nitrogens with zero attached hydrogens (tertiary/aromatic N) is 2. The van der Waals surface area contributed by atoms with Gasteiger partial charge in [-0.2, -0.15) is 0 Å². The van der Waals surface area contributed by atoms with Gasteiger partial charge >= 0.3 is 0 Å². The molecular weight excluding hydrogens is 440 g/mol. The molecule has 2 heterocycles. The number of ether oxygens (including phenoxy) is 1. The molecule has 0 N–H and O–H groups in total. The highest BCUT2D eigenvalue weighted by molar-refractivity contribution is 5.58. The summed E-state index contributed by atoms with van der Waals surface area (Å²) in [4.78, 5) is 5.08. The van der Waals surface area contributed by atoms with Gasteiger partial charge in [-0.3, -0.25) is 0 Å². The Morgan fingerprint density at radius 1 is 0.917 bits per heavy atom. The second-order valence-electron chi connectivity index (χ2n) is 13.0. The fraction of sp³-hybridized carbons (Fsp3) is 0.636. The van der Waals surface area contributed by atoms with Crippen molar-refractivity contribution in [3.63, 3.8) is 0 Å². The molecule has 3 heteroatoms. The summed E-state index contributed by atoms with van der Waals surface area (Å²) in [5.74, 6) is 5.28. The highest BCUT2D eigenvalue weighted by Crippen LogP contribution is 2.65. The molecule has 192 valence electrons. The Hall–Kier alpha value is -1.84. The minimum Gasteiger partial charge on any atom is -0.457 e. The summed E-state index contributed by atoms with van der Waals surface area (Å²) < 4.78 is 6.77. The quantitative estimate of drug-likeness (QED) is 0.376. The van der Waals surface area contributed by atoms with Crippen LogP contribution in [0.2, 0.25) is 0 Å². The van der Waals surface area contributed by atoms with Crippen molar-refractivity contribution in [2.24, 2.45) is 17.8 Å². The molecule has 6 aliphatic rings. The average molecular weight is 485 g/mol. The molecule has 1 saturated heterocycles. The number of rotatable bonds is 7. The van der Waals surface area contributed by atoms with E-state index in [0.717, 1.165) is 48.5 Å². The first-order valence-corrected chi connectivity index (χ1v) is 15.0. The van der Waals surface area contributed by atoms with Gasteiger partial charge in [0.05, 0.1) is 0 Å². The molecule has 2 aliphatic heterocycles. The fourth-order valence-corrected chi connectivity index (χ4v) is 9.05. The Balaban J connectivity index is 1.13. The molecule has 8 rings (SSSR count). The van der Waals surface area contributed by atoms with Gasteiger partial charge < -0.3 is 14.5 Å². The molecule has 36 heavy (non-hydrogen) atoms. The first kappa shape index (κ1) is 23.3. The lowest BCUT2D eigenvalue weighted by Gasteiger charge is -2.41. The topological polar surface area (TPSA) is 15.7 Å². The van der Waals surface area contributed by atoms with Gasteiger partial charge in [-0.25, -0.2) is 0 Å². The lowest BCUT2D eigenvalue weighted by atomic mass is 9.64. The minimum absolute atomic E-state index is 0.441. The zero-order chi connectivity index (χ0) is 24.3. The van der Waals surface area contributed by atoms with E-state index >= 15 is 0 Å². The summed E-state index contributed by atoms with van der Waals surface area (Å²) >= 11 is 0. The van der Waals surface area contributed by atoms with Crippen molar-refractivity contribution >= 4 is 0 Å². The zero-order valence-corrected chi connectivity index (χ0v) is 22.5. The van der Waals surface area contributed by atoms with E-state index in [2.05, 4.69) is 54.1 Å². The second-order valence-corrected chi connectivity index (χ2v) is 13.0. The van der Waals surface area contributed by atoms with Crippen molar-refractivity contribution in [1.29, 1.82) is 0 Å². The van der Waals surface area contributed by atoms with E-state index in [4.69, 9.17) is 4.74 Å². The number of benzene rings is 2. The molecule has 0 aromatic heterocycles. The Kier molecular flexibility index (Phi) is 5.93. The van der Waals surface area contributed by atoms with Crippen molar-refractivity contribution in [1.82, 2.24) is 9.80 Å². The predicted octanol–water partition coefficient (Wildman–Crippen LogP) is 6.59. The number of fused-ring (bicyclic) bond motifs is 2. The number of hydrogen-bond donors (Lipinski definition) is 0. The van der Waals surface area contributed by atoms with Crippen LogP contribution >= 0.6 is 0 Å². The minimum atomic E-state index is 0.441. The normalized spacial score (nSPS) is 30.9. The van der Waals surface area contributed by atoms with Crippen molar-refractivity contribution in [3.8, 4) is 11.5 Å². The van der Waals surface area contributed by atoms with Gasteiger partial charge in [-0.15, -0.1) is 0 Å². The zero-order valence-electron chi connectivity index (χ0n) is 22.5. The molecule has 4 aliphatic carbocycles. The molecule has 4 bridgehead atoms. The Bertz CT molecular complexity index is 1110. The van der Waals surface area contributed by atoms with Crippen LogP contribution in [0.1, 0.15) is 79.7 Å². The van der Waals surface area contributed by atoms with Crippen LogP contribution in [0, 0.1) is 17.8 Å². The van der Waals surface area contributed by atoms with Gasteiger partial charge in [0.2, 0.25) is 0 Å². The molecule has 2 aromatic carbocycles. The fourth-order valence-electron chi connectivity index (χ4n) is 9.05. The van der Waals surface area contributed by atoms with Crippen LogP contribution in [-0.2, 0) is 24.7 Å². The summed E-state index contributed by atoms with van der Waals surface area (Å²) in [5.41, 5.74) is 8.10. The standard InChI is InChI=1S/C33H44N2O/c1-3-6-25-15-23(7-5-10-35-13-11-34(2)12-14-35)18-32-28(25)19-29-30(8-4-9-31(29)36-32)33-20-24-16-26(21-33)27(17-24)22-33/h4,8-9,15,18,24,26-27H,3,5-7,10-14,16-17,19-22H2,1-2H3. The maximum absolute atomic E-state index is 6.77. The monoisotopic (exact) mass is 484 g/mol. The van der Waals surface area contributed by atoms with Crippen molar-refractivity contribution in [2.45, 2.75) is 76.5 Å². The summed E-state index contributed by atoms with van der Waals surface area (Å²) in [6, 6.07) is 11.9. The van der Waals surface area contributed by atoms with Gasteiger partial charge in [0.25, 0.3) is 0 Å². The van der Waals surface area contributed by atoms with Crippen LogP contribution in [0.3, 0.4) is 0 Å². The number of aryl methyl sites for hydroxylation is 2. The van der Waals surface area contributed by atoms with Crippen LogP contribution in [-0.4, -0.2) is 49.6 Å². The van der Waals surface area contributed by atoms with Crippen LogP contribution in [0.25, 0.3) is 0 Å². The third kappa shape index (κ3) is 4.02. The van der Waals surface area contributed by atoms with Gasteiger partial charge in [-0.05, 0) is 117 Å². The second kappa shape index (κ2) is 9.17. The van der Waals surface area contributed by atoms with E-state index in [1.165, 1.54) is 94.4 Å². The summed E-state index contributed by atoms with van der Waals surface area (Å²) in [7, 11) is 2.24. The van der Waals surface area contributed by atoms with E-state index < -0.39 is 0 Å². The van der Waals surface area contributed by atoms with Crippen LogP contribution in [0.5, 0.6) is 11.5 Å². The molecule has 0 amide bonds. The van der Waals surface area contributed by atoms with Crippen LogP contribution in [0.4, 0.5) is 0 Å². The van der Waals surface area contributed by atoms with E-state index in [1.54, 1.807) is 11.1 Å². The lowest BCUT2D eigenvalue weighted by molar-refractivity contribution is 0.153. The third-order valence-electron chi connectivity index (χ3n) is 10.6. The molecule has 3 nitrogen and oxygen atoms in total. The van der Waals surface area contributed by atoms with Gasteiger partial charge in [-0.1, -0.05) is 31.5 Å². The number of piperazine rings is 1. The maximum atomic E-state index is 6.77. The smallest absolute Gasteiger partial charge is 0.131 e. The first-order chi connectivity index (χ1) is 17.6. The van der Waals surface area contributed by atoms with E-state index in [-0.39, 0.29) is 0 Å². The van der Waals surface area contributed by atoms with Crippen molar-refractivity contribution in [2.75, 3.05) is 39.8 Å². The Morgan fingerprint density at radius 2 is 1.72 bits per heavy atom. The van der Waals surface area contributed by atoms with E-state index in [9.17, 15) is 0 Å². The van der Waals surface area contributed by atoms with Gasteiger partial charge in [0, 0.05) is 43.7 Å². The molecule has 0 radical (unpaired) electrons.